The molecule has 0 heterocycles. The van der Waals surface area contributed by atoms with Gasteiger partial charge >= 0.3 is 0 Å². The normalized spacial score (nSPS) is 10.3. The number of amides is 2. The zero-order valence-corrected chi connectivity index (χ0v) is 16.3. The molecule has 0 saturated heterocycles. The quantitative estimate of drug-likeness (QED) is 0.827. The molecule has 2 aromatic carbocycles. The maximum absolute atomic E-state index is 12.8. The average molecular weight is 374 g/mol. The molecule has 0 spiro atoms. The second-order valence-corrected chi connectivity index (χ2v) is 6.50. The fourth-order valence-electron chi connectivity index (χ4n) is 2.66. The van der Waals surface area contributed by atoms with Crippen LogP contribution in [0.1, 0.15) is 34.6 Å². The molecule has 0 unspecified atom stereocenters. The van der Waals surface area contributed by atoms with E-state index >= 15 is 0 Å². The molecule has 0 atom stereocenters. The van der Waals surface area contributed by atoms with Gasteiger partial charge in [-0.05, 0) is 56.3 Å². The van der Waals surface area contributed by atoms with Crippen molar-refractivity contribution < 1.29 is 9.59 Å². The number of rotatable bonds is 6. The summed E-state index contributed by atoms with van der Waals surface area (Å²) in [6.45, 7) is 5.15. The van der Waals surface area contributed by atoms with Gasteiger partial charge in [-0.2, -0.15) is 0 Å². The van der Waals surface area contributed by atoms with Crippen LogP contribution in [0.15, 0.2) is 42.5 Å². The van der Waals surface area contributed by atoms with Gasteiger partial charge in [-0.3, -0.25) is 9.59 Å². The fourth-order valence-corrected chi connectivity index (χ4v) is 2.79. The van der Waals surface area contributed by atoms with Gasteiger partial charge in [-0.15, -0.1) is 0 Å². The maximum atomic E-state index is 12.8. The molecule has 0 saturated carbocycles. The van der Waals surface area contributed by atoms with Crippen molar-refractivity contribution in [3.63, 3.8) is 0 Å². The van der Waals surface area contributed by atoms with Crippen molar-refractivity contribution in [3.8, 4) is 0 Å². The van der Waals surface area contributed by atoms with Crippen molar-refractivity contribution in [2.75, 3.05) is 37.4 Å². The number of halogens is 1. The number of carbonyl (C=O) groups is 2. The Kier molecular flexibility index (Phi) is 6.64. The molecule has 0 bridgehead atoms. The van der Waals surface area contributed by atoms with E-state index in [1.165, 1.54) is 0 Å². The highest BCUT2D eigenvalue weighted by atomic mass is 35.5. The first-order chi connectivity index (χ1) is 12.4. The summed E-state index contributed by atoms with van der Waals surface area (Å²) in [6, 6.07) is 12.0. The third kappa shape index (κ3) is 4.55. The number of carbonyl (C=O) groups excluding carboxylic acids is 2. The highest BCUT2D eigenvalue weighted by molar-refractivity contribution is 6.30. The zero-order valence-electron chi connectivity index (χ0n) is 15.5. The van der Waals surface area contributed by atoms with E-state index in [-0.39, 0.29) is 11.8 Å². The second kappa shape index (κ2) is 8.72. The van der Waals surface area contributed by atoms with Crippen LogP contribution >= 0.6 is 11.6 Å². The van der Waals surface area contributed by atoms with E-state index in [0.29, 0.717) is 34.9 Å². The Balaban J connectivity index is 2.32. The summed E-state index contributed by atoms with van der Waals surface area (Å²) in [5, 5.41) is 3.42. The largest absolute Gasteiger partial charge is 0.377 e. The van der Waals surface area contributed by atoms with E-state index in [1.807, 2.05) is 38.9 Å². The van der Waals surface area contributed by atoms with Crippen LogP contribution in [-0.2, 0) is 0 Å². The van der Waals surface area contributed by atoms with Crippen LogP contribution in [0.5, 0.6) is 0 Å². The van der Waals surface area contributed by atoms with Crippen LogP contribution in [0.2, 0.25) is 5.02 Å². The van der Waals surface area contributed by atoms with E-state index in [0.717, 1.165) is 5.69 Å². The Morgan fingerprint density at radius 3 is 2.15 bits per heavy atom. The standard InChI is InChI=1S/C20H24ClN3O2/c1-5-24(6-2)20(26)17-13-16(11-12-18(17)23(3)4)22-19(25)14-7-9-15(21)10-8-14/h7-13H,5-6H2,1-4H3,(H,22,25). The number of hydrogen-bond donors (Lipinski definition) is 1. The van der Waals surface area contributed by atoms with Crippen molar-refractivity contribution in [2.24, 2.45) is 0 Å². The highest BCUT2D eigenvalue weighted by Crippen LogP contribution is 2.25. The lowest BCUT2D eigenvalue weighted by Gasteiger charge is -2.23. The molecule has 138 valence electrons. The van der Waals surface area contributed by atoms with Crippen molar-refractivity contribution in [3.05, 3.63) is 58.6 Å². The molecule has 0 aromatic heterocycles. The van der Waals surface area contributed by atoms with Crippen LogP contribution in [0.4, 0.5) is 11.4 Å². The molecule has 2 aromatic rings. The number of hydrogen-bond acceptors (Lipinski definition) is 3. The molecule has 2 rings (SSSR count). The molecule has 0 aliphatic heterocycles. The molecule has 26 heavy (non-hydrogen) atoms. The van der Waals surface area contributed by atoms with Gasteiger partial charge in [0.15, 0.2) is 0 Å². The molecule has 0 aliphatic rings. The predicted octanol–water partition coefficient (Wildman–Crippen LogP) is 4.14. The van der Waals surface area contributed by atoms with Crippen molar-refractivity contribution in [1.29, 1.82) is 0 Å². The minimum Gasteiger partial charge on any atom is -0.377 e. The summed E-state index contributed by atoms with van der Waals surface area (Å²) < 4.78 is 0. The SMILES string of the molecule is CCN(CC)C(=O)c1cc(NC(=O)c2ccc(Cl)cc2)ccc1N(C)C. The van der Waals surface area contributed by atoms with Crippen LogP contribution in [0.3, 0.4) is 0 Å². The van der Waals surface area contributed by atoms with Crippen LogP contribution in [0, 0.1) is 0 Å². The van der Waals surface area contributed by atoms with Crippen LogP contribution in [-0.4, -0.2) is 43.9 Å². The van der Waals surface area contributed by atoms with Crippen LogP contribution in [0.25, 0.3) is 0 Å². The predicted molar refractivity (Wildman–Crippen MR) is 107 cm³/mol. The Labute approximate surface area is 159 Å². The Hall–Kier alpha value is -2.53. The van der Waals surface area contributed by atoms with Crippen LogP contribution < -0.4 is 10.2 Å². The Morgan fingerprint density at radius 1 is 1.00 bits per heavy atom. The van der Waals surface area contributed by atoms with Gasteiger partial charge in [0.1, 0.15) is 0 Å². The van der Waals surface area contributed by atoms with Gasteiger partial charge in [-0.1, -0.05) is 11.6 Å². The average Bonchev–Trinajstić information content (AvgIpc) is 2.62. The molecule has 2 amide bonds. The summed E-state index contributed by atoms with van der Waals surface area (Å²) in [6.07, 6.45) is 0. The molecule has 0 fully saturated rings. The highest BCUT2D eigenvalue weighted by Gasteiger charge is 2.19. The van der Waals surface area contributed by atoms with Gasteiger partial charge in [0, 0.05) is 49.1 Å². The Bertz CT molecular complexity index is 784. The topological polar surface area (TPSA) is 52.7 Å². The first kappa shape index (κ1) is 19.8. The second-order valence-electron chi connectivity index (χ2n) is 6.06. The minimum atomic E-state index is -0.250. The van der Waals surface area contributed by atoms with Gasteiger partial charge in [0.05, 0.1) is 5.56 Å². The van der Waals surface area contributed by atoms with Gasteiger partial charge in [0.2, 0.25) is 0 Å². The number of nitrogens with one attached hydrogen (secondary N) is 1. The lowest BCUT2D eigenvalue weighted by Crippen LogP contribution is -2.31. The van der Waals surface area contributed by atoms with Crippen molar-refractivity contribution in [1.82, 2.24) is 4.90 Å². The van der Waals surface area contributed by atoms with Crippen molar-refractivity contribution >= 4 is 34.8 Å². The fraction of sp³-hybridized carbons (Fsp3) is 0.300. The minimum absolute atomic E-state index is 0.0544. The van der Waals surface area contributed by atoms with Gasteiger partial charge in [0.25, 0.3) is 11.8 Å². The van der Waals surface area contributed by atoms with Crippen molar-refractivity contribution in [2.45, 2.75) is 13.8 Å². The molecule has 0 radical (unpaired) electrons. The number of anilines is 2. The molecule has 1 N–H and O–H groups in total. The smallest absolute Gasteiger partial charge is 0.256 e. The molecular weight excluding hydrogens is 350 g/mol. The van der Waals surface area contributed by atoms with E-state index in [2.05, 4.69) is 5.32 Å². The molecule has 0 aliphatic carbocycles. The summed E-state index contributed by atoms with van der Waals surface area (Å²) in [5.74, 6) is -0.304. The summed E-state index contributed by atoms with van der Waals surface area (Å²) in [5.41, 5.74) is 2.45. The first-order valence-electron chi connectivity index (χ1n) is 8.54. The lowest BCUT2D eigenvalue weighted by molar-refractivity contribution is 0.0773. The lowest BCUT2D eigenvalue weighted by atomic mass is 10.1. The number of benzene rings is 2. The molecule has 5 nitrogen and oxygen atoms in total. The van der Waals surface area contributed by atoms with E-state index in [9.17, 15) is 9.59 Å². The summed E-state index contributed by atoms with van der Waals surface area (Å²) in [4.78, 5) is 28.9. The van der Waals surface area contributed by atoms with Gasteiger partial charge < -0.3 is 15.1 Å². The first-order valence-corrected chi connectivity index (χ1v) is 8.92. The third-order valence-corrected chi connectivity index (χ3v) is 4.38. The summed E-state index contributed by atoms with van der Waals surface area (Å²) >= 11 is 5.86. The Morgan fingerprint density at radius 2 is 1.62 bits per heavy atom. The number of nitrogens with zero attached hydrogens (tertiary/aromatic N) is 2. The molecular formula is C20H24ClN3O2. The third-order valence-electron chi connectivity index (χ3n) is 4.12. The van der Waals surface area contributed by atoms with E-state index < -0.39 is 0 Å². The molecule has 6 heteroatoms. The van der Waals surface area contributed by atoms with E-state index in [4.69, 9.17) is 11.6 Å². The summed E-state index contributed by atoms with van der Waals surface area (Å²) in [7, 11) is 3.78. The van der Waals surface area contributed by atoms with E-state index in [1.54, 1.807) is 41.3 Å². The maximum Gasteiger partial charge on any atom is 0.256 e. The van der Waals surface area contributed by atoms with Gasteiger partial charge in [-0.25, -0.2) is 0 Å². The monoisotopic (exact) mass is 373 g/mol. The zero-order chi connectivity index (χ0) is 19.3.